The summed E-state index contributed by atoms with van der Waals surface area (Å²) in [4.78, 5) is 35.8. The van der Waals surface area contributed by atoms with Crippen LogP contribution < -0.4 is 19.4 Å². The zero-order valence-corrected chi connectivity index (χ0v) is 14.0. The monoisotopic (exact) mass is 408 g/mol. The molecule has 17 heteroatoms. The molecule has 0 aliphatic carbocycles. The SMILES string of the molecule is O=[N+]([O-])c1ccccc1NCCOP(=O)(O)OP(=O)(O)O.[Be].[F-].[F-].[F-]. The van der Waals surface area contributed by atoms with Gasteiger partial charge in [0, 0.05) is 22.7 Å². The molecule has 0 aromatic heterocycles. The Morgan fingerprint density at radius 3 is 2.12 bits per heavy atom. The summed E-state index contributed by atoms with van der Waals surface area (Å²) in [5, 5.41) is 13.3. The van der Waals surface area contributed by atoms with Crippen LogP contribution >= 0.6 is 15.6 Å². The predicted octanol–water partition coefficient (Wildman–Crippen LogP) is -8.14. The molecule has 1 aromatic carbocycles. The molecule has 1 rings (SSSR count). The average molecular weight is 408 g/mol. The van der Waals surface area contributed by atoms with Gasteiger partial charge in [-0.25, -0.2) is 9.13 Å². The molecule has 4 N–H and O–H groups in total. The van der Waals surface area contributed by atoms with E-state index in [1.54, 1.807) is 6.07 Å². The number of phosphoric ester groups is 1. The fourth-order valence-electron chi connectivity index (χ4n) is 1.29. The Balaban J connectivity index is -0.000000551. The average Bonchev–Trinajstić information content (AvgIpc) is 2.32. The molecule has 0 aliphatic heterocycles. The van der Waals surface area contributed by atoms with Gasteiger partial charge in [-0.05, 0) is 6.07 Å². The van der Waals surface area contributed by atoms with Crippen LogP contribution in [-0.4, -0.2) is 42.9 Å². The minimum absolute atomic E-state index is 0. The first-order chi connectivity index (χ1) is 9.61. The summed E-state index contributed by atoms with van der Waals surface area (Å²) < 4.78 is 29.3. The smallest absolute Gasteiger partial charge is 0.481 e. The van der Waals surface area contributed by atoms with E-state index in [1.165, 1.54) is 18.2 Å². The number of hydrogen-bond donors (Lipinski definition) is 4. The van der Waals surface area contributed by atoms with E-state index < -0.39 is 27.2 Å². The molecular formula is C8H12BeF3N2O9P2-3. The second-order valence-electron chi connectivity index (χ2n) is 3.58. The van der Waals surface area contributed by atoms with E-state index in [0.717, 1.165) is 0 Å². The molecule has 0 bridgehead atoms. The largest absolute Gasteiger partial charge is 1.00 e. The number of rotatable bonds is 8. The number of para-hydroxylation sites is 2. The molecule has 0 saturated heterocycles. The van der Waals surface area contributed by atoms with E-state index in [9.17, 15) is 19.2 Å². The van der Waals surface area contributed by atoms with Crippen LogP contribution in [0.2, 0.25) is 0 Å². The van der Waals surface area contributed by atoms with Crippen molar-refractivity contribution in [1.29, 1.82) is 0 Å². The van der Waals surface area contributed by atoms with Crippen molar-refractivity contribution in [2.75, 3.05) is 18.5 Å². The molecule has 1 atom stereocenters. The van der Waals surface area contributed by atoms with Gasteiger partial charge in [-0.1, -0.05) is 12.1 Å². The van der Waals surface area contributed by atoms with Gasteiger partial charge in [0.2, 0.25) is 0 Å². The summed E-state index contributed by atoms with van der Waals surface area (Å²) in [6.45, 7) is -0.597. The minimum Gasteiger partial charge on any atom is -1.00 e. The molecule has 1 aromatic rings. The van der Waals surface area contributed by atoms with E-state index in [2.05, 4.69) is 14.2 Å². The van der Waals surface area contributed by atoms with Crippen molar-refractivity contribution in [1.82, 2.24) is 0 Å². The van der Waals surface area contributed by atoms with Crippen LogP contribution in [0.4, 0.5) is 11.4 Å². The first-order valence-corrected chi connectivity index (χ1v) is 8.35. The maximum Gasteiger partial charge on any atom is 0.481 e. The molecule has 0 amide bonds. The van der Waals surface area contributed by atoms with Gasteiger partial charge in [0.05, 0.1) is 11.5 Å². The van der Waals surface area contributed by atoms with Gasteiger partial charge in [0.1, 0.15) is 5.69 Å². The zero-order chi connectivity index (χ0) is 16.1. The summed E-state index contributed by atoms with van der Waals surface area (Å²) in [5.74, 6) is 0. The summed E-state index contributed by atoms with van der Waals surface area (Å²) >= 11 is 0. The fraction of sp³-hybridized carbons (Fsp3) is 0.250. The van der Waals surface area contributed by atoms with Gasteiger partial charge >= 0.3 is 15.6 Å². The van der Waals surface area contributed by atoms with Crippen molar-refractivity contribution in [2.45, 2.75) is 0 Å². The van der Waals surface area contributed by atoms with Crippen molar-refractivity contribution < 1.29 is 51.7 Å². The maximum absolute atomic E-state index is 11.1. The number of nitrogens with zero attached hydrogens (tertiary/aromatic N) is 1. The Bertz CT molecular complexity index is 620. The van der Waals surface area contributed by atoms with Crippen LogP contribution in [-0.2, 0) is 18.0 Å². The summed E-state index contributed by atoms with van der Waals surface area (Å²) in [5.41, 5.74) is -0.0362. The molecule has 2 radical (unpaired) electrons. The van der Waals surface area contributed by atoms with E-state index >= 15 is 0 Å². The number of benzene rings is 1. The molecule has 0 spiro atoms. The third-order valence-electron chi connectivity index (χ3n) is 1.98. The fourth-order valence-corrected chi connectivity index (χ4v) is 2.87. The van der Waals surface area contributed by atoms with Gasteiger partial charge in [0.15, 0.2) is 0 Å². The van der Waals surface area contributed by atoms with Crippen LogP contribution in [0.1, 0.15) is 0 Å². The minimum atomic E-state index is -5.16. The van der Waals surface area contributed by atoms with Gasteiger partial charge in [-0.15, -0.1) is 0 Å². The van der Waals surface area contributed by atoms with E-state index in [0.29, 0.717) is 0 Å². The second kappa shape index (κ2) is 12.9. The molecule has 1 unspecified atom stereocenters. The quantitative estimate of drug-likeness (QED) is 0.107. The normalized spacial score (nSPS) is 12.1. The molecular weight excluding hydrogens is 396 g/mol. The number of hydrogen-bond acceptors (Lipinski definition) is 7. The Labute approximate surface area is 142 Å². The van der Waals surface area contributed by atoms with Gasteiger partial charge in [-0.2, -0.15) is 4.31 Å². The Kier molecular flexibility index (Phi) is 16.2. The number of anilines is 1. The third kappa shape index (κ3) is 12.6. The molecule has 0 saturated carbocycles. The van der Waals surface area contributed by atoms with E-state index in [-0.39, 0.29) is 42.2 Å². The van der Waals surface area contributed by atoms with Crippen LogP contribution in [0.5, 0.6) is 0 Å². The number of halogens is 3. The third-order valence-corrected chi connectivity index (χ3v) is 4.17. The molecule has 144 valence electrons. The van der Waals surface area contributed by atoms with Crippen LogP contribution in [0.25, 0.3) is 0 Å². The standard InChI is InChI=1S/C8H12N2O9P2.Be.3FH/c11-10(12)8-4-2-1-3-7(8)9-5-6-18-21(16,17)19-20(13,14)15;;;;/h1-4,9H,5-6H2,(H,16,17)(H2,13,14,15);;3*1H/p-3. The first-order valence-electron chi connectivity index (χ1n) is 5.32. The van der Waals surface area contributed by atoms with Crippen molar-refractivity contribution in [2.24, 2.45) is 0 Å². The molecule has 0 fully saturated rings. The molecule has 0 heterocycles. The zero-order valence-electron chi connectivity index (χ0n) is 12.2. The maximum atomic E-state index is 11.1. The number of phosphoric acid groups is 2. The summed E-state index contributed by atoms with van der Waals surface area (Å²) in [7, 11) is -10.1. The van der Waals surface area contributed by atoms with Crippen molar-refractivity contribution in [3.8, 4) is 0 Å². The van der Waals surface area contributed by atoms with Crippen molar-refractivity contribution in [3.05, 3.63) is 34.4 Å². The van der Waals surface area contributed by atoms with Crippen molar-refractivity contribution >= 4 is 37.1 Å². The van der Waals surface area contributed by atoms with Crippen molar-refractivity contribution in [3.63, 3.8) is 0 Å². The van der Waals surface area contributed by atoms with Gasteiger partial charge < -0.3 is 34.1 Å². The summed E-state index contributed by atoms with van der Waals surface area (Å²) in [6.07, 6.45) is 0. The summed E-state index contributed by atoms with van der Waals surface area (Å²) in [6, 6.07) is 5.69. The molecule has 0 aliphatic rings. The van der Waals surface area contributed by atoms with Crippen LogP contribution in [0.3, 0.4) is 0 Å². The molecule has 25 heavy (non-hydrogen) atoms. The number of nitro benzene ring substituents is 1. The predicted molar refractivity (Wildman–Crippen MR) is 76.2 cm³/mol. The Morgan fingerprint density at radius 1 is 1.12 bits per heavy atom. The van der Waals surface area contributed by atoms with Gasteiger partial charge in [0.25, 0.3) is 5.69 Å². The van der Waals surface area contributed by atoms with E-state index in [4.69, 9.17) is 14.7 Å². The van der Waals surface area contributed by atoms with Crippen LogP contribution in [0.15, 0.2) is 24.3 Å². The van der Waals surface area contributed by atoms with Gasteiger partial charge in [-0.3, -0.25) is 14.6 Å². The van der Waals surface area contributed by atoms with Crippen LogP contribution in [0, 0.1) is 10.1 Å². The second-order valence-corrected chi connectivity index (χ2v) is 6.40. The number of nitrogens with one attached hydrogen (secondary N) is 1. The topological polar surface area (TPSA) is 168 Å². The number of nitro groups is 1. The van der Waals surface area contributed by atoms with E-state index in [1.807, 2.05) is 0 Å². The Hall–Kier alpha value is -1.36. The molecule has 11 nitrogen and oxygen atoms in total. The Morgan fingerprint density at radius 2 is 1.64 bits per heavy atom. The first kappa shape index (κ1) is 31.4.